The quantitative estimate of drug-likeness (QED) is 0.810. The Morgan fingerprint density at radius 1 is 0.944 bits per heavy atom. The molecule has 0 amide bonds. The van der Waals surface area contributed by atoms with Crippen molar-refractivity contribution in [3.05, 3.63) is 48.3 Å². The van der Waals surface area contributed by atoms with Crippen LogP contribution in [0.1, 0.15) is 26.6 Å². The normalized spacial score (nSPS) is 11.3. The molecule has 2 aromatic rings. The van der Waals surface area contributed by atoms with E-state index in [9.17, 15) is 4.39 Å². The molecule has 0 saturated carbocycles. The standard InChI is InChI=1S/C14H15FN2O/c1-14(2,3)13-16-8-12(9-17-13)18-11-6-4-10(15)5-7-11/h4-9H,1-3H3. The van der Waals surface area contributed by atoms with Crippen LogP contribution < -0.4 is 4.74 Å². The van der Waals surface area contributed by atoms with Gasteiger partial charge in [0.05, 0.1) is 12.4 Å². The Hall–Kier alpha value is -1.97. The van der Waals surface area contributed by atoms with Crippen molar-refractivity contribution in [2.45, 2.75) is 26.2 Å². The molecule has 0 aliphatic rings. The van der Waals surface area contributed by atoms with E-state index in [0.717, 1.165) is 5.82 Å². The third-order valence-electron chi connectivity index (χ3n) is 2.35. The van der Waals surface area contributed by atoms with Gasteiger partial charge in [-0.1, -0.05) is 20.8 Å². The van der Waals surface area contributed by atoms with Crippen molar-refractivity contribution in [2.75, 3.05) is 0 Å². The molecule has 0 aliphatic heterocycles. The van der Waals surface area contributed by atoms with Gasteiger partial charge in [-0.15, -0.1) is 0 Å². The van der Waals surface area contributed by atoms with Crippen LogP contribution in [0.2, 0.25) is 0 Å². The van der Waals surface area contributed by atoms with Gasteiger partial charge in [0.15, 0.2) is 5.75 Å². The summed E-state index contributed by atoms with van der Waals surface area (Å²) in [7, 11) is 0. The van der Waals surface area contributed by atoms with Crippen molar-refractivity contribution >= 4 is 0 Å². The second kappa shape index (κ2) is 4.72. The van der Waals surface area contributed by atoms with E-state index in [1.165, 1.54) is 12.1 Å². The van der Waals surface area contributed by atoms with E-state index in [1.54, 1.807) is 24.5 Å². The van der Waals surface area contributed by atoms with Gasteiger partial charge < -0.3 is 4.74 Å². The molecule has 94 valence electrons. The molecule has 0 atom stereocenters. The van der Waals surface area contributed by atoms with Gasteiger partial charge >= 0.3 is 0 Å². The molecular formula is C14H15FN2O. The SMILES string of the molecule is CC(C)(C)c1ncc(Oc2ccc(F)cc2)cn1. The summed E-state index contributed by atoms with van der Waals surface area (Å²) in [5.41, 5.74) is -0.0889. The maximum Gasteiger partial charge on any atom is 0.164 e. The van der Waals surface area contributed by atoms with E-state index in [1.807, 2.05) is 20.8 Å². The molecule has 0 N–H and O–H groups in total. The van der Waals surface area contributed by atoms with Crippen LogP contribution in [-0.2, 0) is 5.41 Å². The topological polar surface area (TPSA) is 35.0 Å². The minimum Gasteiger partial charge on any atom is -0.454 e. The number of nitrogens with zero attached hydrogens (tertiary/aromatic N) is 2. The third kappa shape index (κ3) is 3.03. The summed E-state index contributed by atoms with van der Waals surface area (Å²) in [6, 6.07) is 5.82. The monoisotopic (exact) mass is 246 g/mol. The molecule has 2 rings (SSSR count). The highest BCUT2D eigenvalue weighted by atomic mass is 19.1. The van der Waals surface area contributed by atoms with Crippen LogP contribution in [-0.4, -0.2) is 9.97 Å². The van der Waals surface area contributed by atoms with Crippen LogP contribution in [0.4, 0.5) is 4.39 Å². The van der Waals surface area contributed by atoms with Crippen LogP contribution in [0.25, 0.3) is 0 Å². The lowest BCUT2D eigenvalue weighted by molar-refractivity contribution is 0.468. The van der Waals surface area contributed by atoms with Crippen LogP contribution >= 0.6 is 0 Å². The Morgan fingerprint density at radius 3 is 2.00 bits per heavy atom. The maximum atomic E-state index is 12.7. The minimum atomic E-state index is -0.290. The number of hydrogen-bond acceptors (Lipinski definition) is 3. The first-order valence-electron chi connectivity index (χ1n) is 5.71. The van der Waals surface area contributed by atoms with Gasteiger partial charge in [-0.3, -0.25) is 0 Å². The number of halogens is 1. The highest BCUT2D eigenvalue weighted by molar-refractivity contribution is 5.28. The van der Waals surface area contributed by atoms with Gasteiger partial charge in [-0.05, 0) is 24.3 Å². The summed E-state index contributed by atoms with van der Waals surface area (Å²) >= 11 is 0. The van der Waals surface area contributed by atoms with E-state index in [4.69, 9.17) is 4.74 Å². The number of aromatic nitrogens is 2. The fraction of sp³-hybridized carbons (Fsp3) is 0.286. The first-order chi connectivity index (χ1) is 8.45. The number of hydrogen-bond donors (Lipinski definition) is 0. The van der Waals surface area contributed by atoms with Gasteiger partial charge in [0.1, 0.15) is 17.4 Å². The second-order valence-corrected chi connectivity index (χ2v) is 5.05. The molecule has 18 heavy (non-hydrogen) atoms. The molecule has 0 saturated heterocycles. The van der Waals surface area contributed by atoms with Crippen molar-refractivity contribution in [2.24, 2.45) is 0 Å². The zero-order valence-electron chi connectivity index (χ0n) is 10.6. The summed E-state index contributed by atoms with van der Waals surface area (Å²) in [5.74, 6) is 1.56. The average Bonchev–Trinajstić information content (AvgIpc) is 2.32. The third-order valence-corrected chi connectivity index (χ3v) is 2.35. The molecule has 0 spiro atoms. The highest BCUT2D eigenvalue weighted by Crippen LogP contribution is 2.22. The fourth-order valence-electron chi connectivity index (χ4n) is 1.39. The Labute approximate surface area is 106 Å². The predicted octanol–water partition coefficient (Wildman–Crippen LogP) is 3.71. The van der Waals surface area contributed by atoms with Crippen LogP contribution in [0.15, 0.2) is 36.7 Å². The van der Waals surface area contributed by atoms with E-state index in [0.29, 0.717) is 11.5 Å². The van der Waals surface area contributed by atoms with E-state index >= 15 is 0 Å². The summed E-state index contributed by atoms with van der Waals surface area (Å²) < 4.78 is 18.2. The lowest BCUT2D eigenvalue weighted by Crippen LogP contribution is -2.15. The number of benzene rings is 1. The van der Waals surface area contributed by atoms with Crippen LogP contribution in [0, 0.1) is 5.82 Å². The van der Waals surface area contributed by atoms with Crippen molar-refractivity contribution in [1.29, 1.82) is 0 Å². The molecule has 0 aliphatic carbocycles. The summed E-state index contributed by atoms with van der Waals surface area (Å²) in [6.45, 7) is 6.13. The van der Waals surface area contributed by atoms with Gasteiger partial charge in [-0.2, -0.15) is 0 Å². The highest BCUT2D eigenvalue weighted by Gasteiger charge is 2.16. The van der Waals surface area contributed by atoms with E-state index in [-0.39, 0.29) is 11.2 Å². The van der Waals surface area contributed by atoms with Gasteiger partial charge in [-0.25, -0.2) is 14.4 Å². The zero-order valence-corrected chi connectivity index (χ0v) is 10.6. The summed E-state index contributed by atoms with van der Waals surface area (Å²) in [4.78, 5) is 8.51. The first kappa shape index (κ1) is 12.5. The molecule has 0 radical (unpaired) electrons. The van der Waals surface area contributed by atoms with Gasteiger partial charge in [0, 0.05) is 5.41 Å². The minimum absolute atomic E-state index is 0.0889. The Bertz CT molecular complexity index is 515. The first-order valence-corrected chi connectivity index (χ1v) is 5.71. The fourth-order valence-corrected chi connectivity index (χ4v) is 1.39. The van der Waals surface area contributed by atoms with Gasteiger partial charge in [0.25, 0.3) is 0 Å². The molecule has 1 aromatic heterocycles. The summed E-state index contributed by atoms with van der Waals surface area (Å²) in [6.07, 6.45) is 3.24. The Kier molecular flexibility index (Phi) is 3.28. The van der Waals surface area contributed by atoms with Crippen molar-refractivity contribution in [1.82, 2.24) is 9.97 Å². The maximum absolute atomic E-state index is 12.7. The molecule has 1 heterocycles. The average molecular weight is 246 g/mol. The summed E-state index contributed by atoms with van der Waals surface area (Å²) in [5, 5.41) is 0. The smallest absolute Gasteiger partial charge is 0.164 e. The molecule has 3 nitrogen and oxygen atoms in total. The predicted molar refractivity (Wildman–Crippen MR) is 67.2 cm³/mol. The van der Waals surface area contributed by atoms with E-state index < -0.39 is 0 Å². The molecule has 1 aromatic carbocycles. The molecule has 4 heteroatoms. The van der Waals surface area contributed by atoms with Gasteiger partial charge in [0.2, 0.25) is 0 Å². The second-order valence-electron chi connectivity index (χ2n) is 5.05. The molecule has 0 unspecified atom stereocenters. The van der Waals surface area contributed by atoms with Crippen molar-refractivity contribution < 1.29 is 9.13 Å². The molecular weight excluding hydrogens is 231 g/mol. The van der Waals surface area contributed by atoms with Crippen molar-refractivity contribution in [3.63, 3.8) is 0 Å². The zero-order chi connectivity index (χ0) is 13.2. The largest absolute Gasteiger partial charge is 0.454 e. The molecule has 0 fully saturated rings. The number of ether oxygens (including phenoxy) is 1. The van der Waals surface area contributed by atoms with Crippen LogP contribution in [0.3, 0.4) is 0 Å². The lowest BCUT2D eigenvalue weighted by atomic mass is 9.96. The number of rotatable bonds is 2. The lowest BCUT2D eigenvalue weighted by Gasteiger charge is -2.16. The van der Waals surface area contributed by atoms with Crippen LogP contribution in [0.5, 0.6) is 11.5 Å². The van der Waals surface area contributed by atoms with Crippen molar-refractivity contribution in [3.8, 4) is 11.5 Å². The Morgan fingerprint density at radius 2 is 1.50 bits per heavy atom. The van der Waals surface area contributed by atoms with E-state index in [2.05, 4.69) is 9.97 Å². The Balaban J connectivity index is 2.13. The molecule has 0 bridgehead atoms.